The Morgan fingerprint density at radius 3 is 2.69 bits per heavy atom. The average molecular weight is 357 g/mol. The summed E-state index contributed by atoms with van der Waals surface area (Å²) < 4.78 is 5.22. The number of aryl methyl sites for hydroxylation is 1. The lowest BCUT2D eigenvalue weighted by Gasteiger charge is -2.35. The van der Waals surface area contributed by atoms with E-state index in [0.717, 1.165) is 49.9 Å². The molecule has 3 rings (SSSR count). The van der Waals surface area contributed by atoms with Crippen molar-refractivity contribution in [2.45, 2.75) is 26.7 Å². The molecule has 3 heterocycles. The first-order valence-electron chi connectivity index (χ1n) is 9.23. The first-order valence-corrected chi connectivity index (χ1v) is 9.23. The van der Waals surface area contributed by atoms with Crippen LogP contribution in [0.3, 0.4) is 0 Å². The number of amides is 1. The van der Waals surface area contributed by atoms with Crippen molar-refractivity contribution >= 4 is 17.5 Å². The quantitative estimate of drug-likeness (QED) is 0.792. The molecule has 0 saturated carbocycles. The van der Waals surface area contributed by atoms with Crippen molar-refractivity contribution in [3.63, 3.8) is 0 Å². The van der Waals surface area contributed by atoms with Gasteiger partial charge >= 0.3 is 0 Å². The van der Waals surface area contributed by atoms with Crippen LogP contribution in [0.2, 0.25) is 0 Å². The minimum absolute atomic E-state index is 0.0477. The number of furan rings is 1. The van der Waals surface area contributed by atoms with E-state index in [4.69, 9.17) is 4.42 Å². The maximum atomic E-state index is 12.4. The van der Waals surface area contributed by atoms with E-state index in [-0.39, 0.29) is 5.91 Å². The summed E-state index contributed by atoms with van der Waals surface area (Å²) in [5.74, 6) is 3.01. The molecule has 0 aliphatic carbocycles. The van der Waals surface area contributed by atoms with Crippen molar-refractivity contribution in [1.82, 2.24) is 14.9 Å². The Bertz CT molecular complexity index is 724. The van der Waals surface area contributed by atoms with Crippen LogP contribution in [-0.4, -0.2) is 60.5 Å². The Morgan fingerprint density at radius 1 is 1.27 bits per heavy atom. The number of hydrogen-bond acceptors (Lipinski definition) is 6. The van der Waals surface area contributed by atoms with Crippen molar-refractivity contribution in [1.29, 1.82) is 0 Å². The second kappa shape index (κ2) is 8.21. The number of rotatable bonds is 6. The summed E-state index contributed by atoms with van der Waals surface area (Å²) in [4.78, 5) is 27.8. The monoisotopic (exact) mass is 357 g/mol. The van der Waals surface area contributed by atoms with Crippen molar-refractivity contribution in [2.75, 3.05) is 49.6 Å². The lowest BCUT2D eigenvalue weighted by Crippen LogP contribution is -2.49. The maximum absolute atomic E-state index is 12.4. The van der Waals surface area contributed by atoms with Gasteiger partial charge in [0.2, 0.25) is 0 Å². The molecule has 0 radical (unpaired) electrons. The van der Waals surface area contributed by atoms with Gasteiger partial charge in [-0.15, -0.1) is 0 Å². The van der Waals surface area contributed by atoms with Gasteiger partial charge in [0, 0.05) is 45.8 Å². The van der Waals surface area contributed by atoms with Gasteiger partial charge in [0.25, 0.3) is 5.91 Å². The molecule has 0 spiro atoms. The molecule has 0 N–H and O–H groups in total. The molecule has 140 valence electrons. The Morgan fingerprint density at radius 2 is 2.04 bits per heavy atom. The Kier molecular flexibility index (Phi) is 5.75. The number of unbranched alkanes of at least 4 members (excludes halogenated alkanes) is 1. The molecule has 7 heteroatoms. The van der Waals surface area contributed by atoms with Crippen molar-refractivity contribution in [2.24, 2.45) is 0 Å². The molecule has 0 unspecified atom stereocenters. The number of hydrogen-bond donors (Lipinski definition) is 0. The molecule has 0 atom stereocenters. The van der Waals surface area contributed by atoms with Gasteiger partial charge in [0.15, 0.2) is 5.76 Å². The summed E-state index contributed by atoms with van der Waals surface area (Å²) in [6.45, 7) is 7.92. The fourth-order valence-electron chi connectivity index (χ4n) is 3.10. The predicted octanol–water partition coefficient (Wildman–Crippen LogP) is 2.58. The largest absolute Gasteiger partial charge is 0.459 e. The summed E-state index contributed by atoms with van der Waals surface area (Å²) in [5, 5.41) is 0. The highest BCUT2D eigenvalue weighted by Gasteiger charge is 2.24. The summed E-state index contributed by atoms with van der Waals surface area (Å²) in [6, 6.07) is 5.50. The zero-order valence-corrected chi connectivity index (χ0v) is 15.8. The molecule has 1 amide bonds. The first-order chi connectivity index (χ1) is 12.6. The second-order valence-corrected chi connectivity index (χ2v) is 6.66. The van der Waals surface area contributed by atoms with Gasteiger partial charge in [0.05, 0.1) is 6.26 Å². The van der Waals surface area contributed by atoms with Gasteiger partial charge in [-0.25, -0.2) is 9.97 Å². The van der Waals surface area contributed by atoms with E-state index < -0.39 is 0 Å². The van der Waals surface area contributed by atoms with Crippen LogP contribution >= 0.6 is 0 Å². The van der Waals surface area contributed by atoms with Crippen LogP contribution in [0, 0.1) is 6.92 Å². The Balaban J connectivity index is 1.65. The third-order valence-corrected chi connectivity index (χ3v) is 4.67. The van der Waals surface area contributed by atoms with E-state index in [1.165, 1.54) is 6.26 Å². The standard InChI is InChI=1S/C19H27N5O2/c1-4-5-8-22(3)17-14-18(21-15(2)20-17)23-9-11-24(12-10-23)19(25)16-7-6-13-26-16/h6-7,13-14H,4-5,8-12H2,1-3H3. The highest BCUT2D eigenvalue weighted by Crippen LogP contribution is 2.20. The van der Waals surface area contributed by atoms with Crippen LogP contribution in [0.5, 0.6) is 0 Å². The molecule has 2 aromatic heterocycles. The van der Waals surface area contributed by atoms with E-state index in [0.29, 0.717) is 18.8 Å². The van der Waals surface area contributed by atoms with Crippen molar-refractivity contribution in [3.8, 4) is 0 Å². The maximum Gasteiger partial charge on any atom is 0.289 e. The molecule has 1 aliphatic heterocycles. The van der Waals surface area contributed by atoms with E-state index in [9.17, 15) is 4.79 Å². The lowest BCUT2D eigenvalue weighted by molar-refractivity contribution is 0.0714. The third kappa shape index (κ3) is 4.15. The molecule has 1 saturated heterocycles. The summed E-state index contributed by atoms with van der Waals surface area (Å²) in [6.07, 6.45) is 3.83. The van der Waals surface area contributed by atoms with Crippen LogP contribution in [0.1, 0.15) is 36.1 Å². The molecule has 1 fully saturated rings. The minimum atomic E-state index is -0.0477. The first kappa shape index (κ1) is 18.2. The van der Waals surface area contributed by atoms with E-state index in [1.54, 1.807) is 12.1 Å². The van der Waals surface area contributed by atoms with Crippen LogP contribution in [0.25, 0.3) is 0 Å². The minimum Gasteiger partial charge on any atom is -0.459 e. The molecule has 2 aromatic rings. The van der Waals surface area contributed by atoms with E-state index >= 15 is 0 Å². The zero-order chi connectivity index (χ0) is 18.5. The average Bonchev–Trinajstić information content (AvgIpc) is 3.20. The smallest absolute Gasteiger partial charge is 0.289 e. The summed E-state index contributed by atoms with van der Waals surface area (Å²) in [7, 11) is 2.07. The van der Waals surface area contributed by atoms with Crippen molar-refractivity contribution < 1.29 is 9.21 Å². The van der Waals surface area contributed by atoms with Crippen molar-refractivity contribution in [3.05, 3.63) is 36.0 Å². The summed E-state index contributed by atoms with van der Waals surface area (Å²) in [5.41, 5.74) is 0. The molecule has 7 nitrogen and oxygen atoms in total. The van der Waals surface area contributed by atoms with Gasteiger partial charge in [-0.1, -0.05) is 13.3 Å². The van der Waals surface area contributed by atoms with Gasteiger partial charge in [-0.2, -0.15) is 0 Å². The van der Waals surface area contributed by atoms with Crippen LogP contribution in [0.4, 0.5) is 11.6 Å². The summed E-state index contributed by atoms with van der Waals surface area (Å²) >= 11 is 0. The van der Waals surface area contributed by atoms with Gasteiger partial charge in [-0.05, 0) is 25.5 Å². The van der Waals surface area contributed by atoms with Crippen LogP contribution in [-0.2, 0) is 0 Å². The van der Waals surface area contributed by atoms with E-state index in [2.05, 4.69) is 33.7 Å². The normalized spacial score (nSPS) is 14.6. The lowest BCUT2D eigenvalue weighted by atomic mass is 10.2. The molecule has 26 heavy (non-hydrogen) atoms. The molecular weight excluding hydrogens is 330 g/mol. The zero-order valence-electron chi connectivity index (χ0n) is 15.8. The van der Waals surface area contributed by atoms with Crippen LogP contribution in [0.15, 0.2) is 28.9 Å². The predicted molar refractivity (Wildman–Crippen MR) is 102 cm³/mol. The van der Waals surface area contributed by atoms with Gasteiger partial charge < -0.3 is 19.1 Å². The van der Waals surface area contributed by atoms with Crippen LogP contribution < -0.4 is 9.80 Å². The number of anilines is 2. The number of carbonyl (C=O) groups excluding carboxylic acids is 1. The second-order valence-electron chi connectivity index (χ2n) is 6.66. The molecular formula is C19H27N5O2. The highest BCUT2D eigenvalue weighted by atomic mass is 16.3. The van der Waals surface area contributed by atoms with Gasteiger partial charge in [-0.3, -0.25) is 4.79 Å². The third-order valence-electron chi connectivity index (χ3n) is 4.67. The Labute approximate surface area is 154 Å². The Hall–Kier alpha value is -2.57. The molecule has 0 aromatic carbocycles. The number of nitrogens with zero attached hydrogens (tertiary/aromatic N) is 5. The topological polar surface area (TPSA) is 65.7 Å². The number of piperazine rings is 1. The fourth-order valence-corrected chi connectivity index (χ4v) is 3.10. The molecule has 0 bridgehead atoms. The number of carbonyl (C=O) groups is 1. The fraction of sp³-hybridized carbons (Fsp3) is 0.526. The SMILES string of the molecule is CCCCN(C)c1cc(N2CCN(C(=O)c3ccco3)CC2)nc(C)n1. The van der Waals surface area contributed by atoms with Gasteiger partial charge in [0.1, 0.15) is 17.5 Å². The highest BCUT2D eigenvalue weighted by molar-refractivity contribution is 5.91. The van der Waals surface area contributed by atoms with E-state index in [1.807, 2.05) is 17.9 Å². The number of aromatic nitrogens is 2. The molecule has 1 aliphatic rings.